The number of carbonyl (C=O) groups excluding carboxylic acids is 2. The molecule has 0 spiro atoms. The number of nitrogens with zero attached hydrogens (tertiary/aromatic N) is 4. The quantitative estimate of drug-likeness (QED) is 0.582. The van der Waals surface area contributed by atoms with E-state index in [4.69, 9.17) is 17.3 Å². The molecule has 3 aromatic rings. The molecule has 0 bridgehead atoms. The molecule has 0 saturated carbocycles. The van der Waals surface area contributed by atoms with Crippen molar-refractivity contribution in [2.75, 3.05) is 19.0 Å². The molecule has 1 atom stereocenters. The number of nitrogens with two attached hydrogens (primary N) is 1. The van der Waals surface area contributed by atoms with E-state index in [2.05, 4.69) is 9.97 Å². The van der Waals surface area contributed by atoms with E-state index < -0.39 is 0 Å². The lowest BCUT2D eigenvalue weighted by Crippen LogP contribution is -2.39. The average molecular weight is 431 g/mol. The van der Waals surface area contributed by atoms with Crippen LogP contribution in [0.1, 0.15) is 41.9 Å². The van der Waals surface area contributed by atoms with Crippen molar-refractivity contribution in [3.8, 4) is 0 Å². The summed E-state index contributed by atoms with van der Waals surface area (Å²) in [5.74, 6) is 0.987. The third-order valence-corrected chi connectivity index (χ3v) is 5.62. The highest BCUT2D eigenvalue weighted by molar-refractivity contribution is 6.35. The maximum absolute atomic E-state index is 13.0. The highest BCUT2D eigenvalue weighted by Crippen LogP contribution is 2.27. The molecule has 0 saturated heterocycles. The Bertz CT molecular complexity index is 1090. The minimum atomic E-state index is -0.347. The van der Waals surface area contributed by atoms with Gasteiger partial charge in [-0.05, 0) is 24.1 Å². The zero-order chi connectivity index (χ0) is 22.2. The van der Waals surface area contributed by atoms with Crippen LogP contribution in [0.4, 0.5) is 10.6 Å². The van der Waals surface area contributed by atoms with Crippen LogP contribution in [-0.4, -0.2) is 45.8 Å². The third kappa shape index (κ3) is 3.93. The summed E-state index contributed by atoms with van der Waals surface area (Å²) in [6.45, 7) is 4.31. The number of hydrogen-bond donors (Lipinski definition) is 2. The molecule has 30 heavy (non-hydrogen) atoms. The van der Waals surface area contributed by atoms with Gasteiger partial charge in [0.1, 0.15) is 11.5 Å². The zero-order valence-electron chi connectivity index (χ0n) is 17.8. The fourth-order valence-corrected chi connectivity index (χ4v) is 3.65. The van der Waals surface area contributed by atoms with Crippen LogP contribution >= 0.6 is 11.6 Å². The van der Waals surface area contributed by atoms with Gasteiger partial charge in [0.15, 0.2) is 12.1 Å². The summed E-state index contributed by atoms with van der Waals surface area (Å²) in [5, 5.41) is 1.56. The fraction of sp³-hybridized carbons (Fsp3) is 0.381. The summed E-state index contributed by atoms with van der Waals surface area (Å²) >= 11 is 6.24. The number of anilines is 1. The molecular weight excluding hydrogens is 404 g/mol. The summed E-state index contributed by atoms with van der Waals surface area (Å²) in [6.07, 6.45) is 0.697. The fourth-order valence-electron chi connectivity index (χ4n) is 3.42. The highest BCUT2D eigenvalue weighted by Gasteiger charge is 2.27. The van der Waals surface area contributed by atoms with Crippen molar-refractivity contribution in [1.29, 1.82) is 0 Å². The van der Waals surface area contributed by atoms with Crippen molar-refractivity contribution >= 4 is 40.6 Å². The number of aromatic amines is 1. The second kappa shape index (κ2) is 8.49. The molecule has 0 aliphatic carbocycles. The topological polar surface area (TPSA) is 100 Å². The number of urea groups is 1. The van der Waals surface area contributed by atoms with Gasteiger partial charge < -0.3 is 20.2 Å². The van der Waals surface area contributed by atoms with Crippen molar-refractivity contribution in [3.63, 3.8) is 0 Å². The molecule has 0 aliphatic rings. The first-order chi connectivity index (χ1) is 14.1. The summed E-state index contributed by atoms with van der Waals surface area (Å²) < 4.78 is 1.65. The maximum Gasteiger partial charge on any atom is 0.325 e. The SMILES string of the molecule is CC(C)C(N)c1nc(N(C)C(=O)N(C)Cc2cc3c(Cl)cccc3[nH]2)c(C=O)n1C. The molecular formula is C21H27ClN6O2. The molecule has 160 valence electrons. The molecule has 8 nitrogen and oxygen atoms in total. The third-order valence-electron chi connectivity index (χ3n) is 5.29. The van der Waals surface area contributed by atoms with Crippen LogP contribution in [0, 0.1) is 5.92 Å². The minimum Gasteiger partial charge on any atom is -0.357 e. The van der Waals surface area contributed by atoms with Gasteiger partial charge in [-0.2, -0.15) is 0 Å². The van der Waals surface area contributed by atoms with Crippen molar-refractivity contribution in [1.82, 2.24) is 19.4 Å². The number of fused-ring (bicyclic) bond motifs is 1. The first-order valence-corrected chi connectivity index (χ1v) is 10.1. The molecule has 3 N–H and O–H groups in total. The van der Waals surface area contributed by atoms with E-state index in [1.165, 1.54) is 4.90 Å². The van der Waals surface area contributed by atoms with Crippen molar-refractivity contribution in [3.05, 3.63) is 46.5 Å². The number of carbonyl (C=O) groups is 2. The highest BCUT2D eigenvalue weighted by atomic mass is 35.5. The van der Waals surface area contributed by atoms with Gasteiger partial charge in [0.25, 0.3) is 0 Å². The molecule has 9 heteroatoms. The molecule has 3 rings (SSSR count). The van der Waals surface area contributed by atoms with Gasteiger partial charge in [0.05, 0.1) is 12.6 Å². The molecule has 2 amide bonds. The first kappa shape index (κ1) is 21.9. The number of rotatable bonds is 6. The standard InChI is InChI=1S/C21H27ClN6O2/c1-12(2)18(23)20-25-19(17(11-29)27(20)4)28(5)21(30)26(3)10-13-9-14-15(22)7-6-8-16(14)24-13/h6-9,11-12,18,24H,10,23H2,1-5H3. The molecule has 0 aliphatic heterocycles. The molecule has 1 aromatic carbocycles. The molecule has 2 heterocycles. The smallest absolute Gasteiger partial charge is 0.325 e. The summed E-state index contributed by atoms with van der Waals surface area (Å²) in [7, 11) is 5.02. The number of imidazole rings is 1. The van der Waals surface area contributed by atoms with E-state index in [0.29, 0.717) is 29.4 Å². The van der Waals surface area contributed by atoms with Crippen LogP contribution in [0.25, 0.3) is 10.9 Å². The van der Waals surface area contributed by atoms with Crippen LogP contribution in [0.3, 0.4) is 0 Å². The number of nitrogens with one attached hydrogen (secondary N) is 1. The number of hydrogen-bond acceptors (Lipinski definition) is 4. The number of halogens is 1. The van der Waals surface area contributed by atoms with Gasteiger partial charge in [-0.1, -0.05) is 31.5 Å². The predicted octanol–water partition coefficient (Wildman–Crippen LogP) is 3.71. The van der Waals surface area contributed by atoms with E-state index in [-0.39, 0.29) is 23.8 Å². The molecule has 0 fully saturated rings. The molecule has 0 radical (unpaired) electrons. The summed E-state index contributed by atoms with van der Waals surface area (Å²) in [5.41, 5.74) is 8.30. The van der Waals surface area contributed by atoms with Crippen LogP contribution in [0.5, 0.6) is 0 Å². The second-order valence-electron chi connectivity index (χ2n) is 7.82. The summed E-state index contributed by atoms with van der Waals surface area (Å²) in [6, 6.07) is 6.91. The Morgan fingerprint density at radius 2 is 2.07 bits per heavy atom. The number of H-pyrrole nitrogens is 1. The van der Waals surface area contributed by atoms with E-state index in [0.717, 1.165) is 16.6 Å². The Hall–Kier alpha value is -2.84. The number of amides is 2. The Morgan fingerprint density at radius 3 is 2.67 bits per heavy atom. The predicted molar refractivity (Wildman–Crippen MR) is 119 cm³/mol. The van der Waals surface area contributed by atoms with Crippen LogP contribution in [0.2, 0.25) is 5.02 Å². The lowest BCUT2D eigenvalue weighted by molar-refractivity contribution is 0.111. The Labute approximate surface area is 180 Å². The number of aromatic nitrogens is 3. The van der Waals surface area contributed by atoms with E-state index >= 15 is 0 Å². The van der Waals surface area contributed by atoms with Gasteiger partial charge >= 0.3 is 6.03 Å². The van der Waals surface area contributed by atoms with E-state index in [1.807, 2.05) is 38.1 Å². The van der Waals surface area contributed by atoms with E-state index in [1.54, 1.807) is 30.6 Å². The van der Waals surface area contributed by atoms with E-state index in [9.17, 15) is 9.59 Å². The first-order valence-electron chi connectivity index (χ1n) is 9.68. The van der Waals surface area contributed by atoms with Crippen LogP contribution in [0.15, 0.2) is 24.3 Å². The van der Waals surface area contributed by atoms with Crippen LogP contribution < -0.4 is 10.6 Å². The molecule has 1 unspecified atom stereocenters. The van der Waals surface area contributed by atoms with Gasteiger partial charge in [0.2, 0.25) is 0 Å². The largest absolute Gasteiger partial charge is 0.357 e. The van der Waals surface area contributed by atoms with Gasteiger partial charge in [-0.25, -0.2) is 9.78 Å². The van der Waals surface area contributed by atoms with Crippen LogP contribution in [-0.2, 0) is 13.6 Å². The minimum absolute atomic E-state index is 0.135. The Kier molecular flexibility index (Phi) is 6.19. The van der Waals surface area contributed by atoms with Crippen molar-refractivity contribution in [2.45, 2.75) is 26.4 Å². The van der Waals surface area contributed by atoms with Crippen molar-refractivity contribution in [2.24, 2.45) is 18.7 Å². The monoisotopic (exact) mass is 430 g/mol. The number of aldehydes is 1. The number of benzene rings is 1. The lowest BCUT2D eigenvalue weighted by Gasteiger charge is -2.23. The Morgan fingerprint density at radius 1 is 1.37 bits per heavy atom. The summed E-state index contributed by atoms with van der Waals surface area (Å²) in [4.78, 5) is 35.4. The van der Waals surface area contributed by atoms with Gasteiger partial charge in [-0.15, -0.1) is 0 Å². The normalized spacial score (nSPS) is 12.4. The van der Waals surface area contributed by atoms with Gasteiger partial charge in [0, 0.05) is 42.8 Å². The lowest BCUT2D eigenvalue weighted by atomic mass is 10.1. The van der Waals surface area contributed by atoms with Gasteiger partial charge in [-0.3, -0.25) is 9.69 Å². The Balaban J connectivity index is 1.84. The maximum atomic E-state index is 13.0. The zero-order valence-corrected chi connectivity index (χ0v) is 18.6. The molecule has 2 aromatic heterocycles. The second-order valence-corrected chi connectivity index (χ2v) is 8.23. The average Bonchev–Trinajstić information content (AvgIpc) is 3.27. The van der Waals surface area contributed by atoms with Crippen molar-refractivity contribution < 1.29 is 9.59 Å².